The highest BCUT2D eigenvalue weighted by Crippen LogP contribution is 2.18. The van der Waals surface area contributed by atoms with E-state index in [1.807, 2.05) is 6.92 Å². The maximum Gasteiger partial charge on any atom is 0.305 e. The van der Waals surface area contributed by atoms with Crippen LogP contribution < -0.4 is 5.32 Å². The summed E-state index contributed by atoms with van der Waals surface area (Å²) in [6.07, 6.45) is 0.893. The number of esters is 1. The second-order valence-corrected chi connectivity index (χ2v) is 3.66. The van der Waals surface area contributed by atoms with Gasteiger partial charge in [-0.2, -0.15) is 0 Å². The summed E-state index contributed by atoms with van der Waals surface area (Å²) in [7, 11) is 1.39. The monoisotopic (exact) mass is 187 g/mol. The molecule has 1 saturated heterocycles. The highest BCUT2D eigenvalue weighted by molar-refractivity contribution is 5.69. The van der Waals surface area contributed by atoms with Crippen LogP contribution >= 0.6 is 0 Å². The molecule has 2 N–H and O–H groups in total. The maximum absolute atomic E-state index is 10.9. The van der Waals surface area contributed by atoms with Crippen LogP contribution in [-0.2, 0) is 9.53 Å². The van der Waals surface area contributed by atoms with Gasteiger partial charge in [-0.25, -0.2) is 0 Å². The Labute approximate surface area is 78.3 Å². The summed E-state index contributed by atoms with van der Waals surface area (Å²) in [5, 5.41) is 12.4. The Morgan fingerprint density at radius 2 is 2.46 bits per heavy atom. The topological polar surface area (TPSA) is 58.6 Å². The number of nitrogens with one attached hydrogen (secondary N) is 1. The van der Waals surface area contributed by atoms with Gasteiger partial charge in [-0.15, -0.1) is 0 Å². The van der Waals surface area contributed by atoms with Crippen LogP contribution in [0.3, 0.4) is 0 Å². The van der Waals surface area contributed by atoms with E-state index < -0.39 is 0 Å². The fourth-order valence-corrected chi connectivity index (χ4v) is 1.67. The molecule has 3 atom stereocenters. The Morgan fingerprint density at radius 1 is 1.77 bits per heavy atom. The van der Waals surface area contributed by atoms with Crippen LogP contribution in [0.1, 0.15) is 19.8 Å². The van der Waals surface area contributed by atoms with E-state index in [9.17, 15) is 9.90 Å². The zero-order chi connectivity index (χ0) is 9.84. The minimum absolute atomic E-state index is 0.185. The molecular weight excluding hydrogens is 170 g/mol. The number of β-amino-alcohol motifs (C(OH)–C–C–N with tert-alkyl or cyclic N) is 1. The molecule has 1 heterocycles. The van der Waals surface area contributed by atoms with Crippen LogP contribution in [0.5, 0.6) is 0 Å². The molecule has 2 unspecified atom stereocenters. The van der Waals surface area contributed by atoms with Crippen LogP contribution in [-0.4, -0.2) is 36.9 Å². The summed E-state index contributed by atoms with van der Waals surface area (Å²) < 4.78 is 4.58. The zero-order valence-corrected chi connectivity index (χ0v) is 8.12. The van der Waals surface area contributed by atoms with Crippen molar-refractivity contribution in [3.8, 4) is 0 Å². The quantitative estimate of drug-likeness (QED) is 0.606. The van der Waals surface area contributed by atoms with Gasteiger partial charge in [0.15, 0.2) is 0 Å². The minimum atomic E-state index is -0.259. The molecule has 0 amide bonds. The molecule has 13 heavy (non-hydrogen) atoms. The highest BCUT2D eigenvalue weighted by Gasteiger charge is 2.27. The predicted molar refractivity (Wildman–Crippen MR) is 48.2 cm³/mol. The maximum atomic E-state index is 10.9. The van der Waals surface area contributed by atoms with Crippen molar-refractivity contribution in [2.24, 2.45) is 5.92 Å². The van der Waals surface area contributed by atoms with Gasteiger partial charge in [0.25, 0.3) is 0 Å². The standard InChI is InChI=1S/C9H17NO3/c1-6(3-9(12)13-2)8-4-7(11)5-10-8/h6-8,10-11H,3-5H2,1-2H3/t6?,7-,8?/m0/s1. The van der Waals surface area contributed by atoms with E-state index in [0.717, 1.165) is 6.42 Å². The Bertz CT molecular complexity index is 184. The first-order chi connectivity index (χ1) is 6.13. The van der Waals surface area contributed by atoms with Gasteiger partial charge < -0.3 is 15.2 Å². The molecule has 1 aliphatic heterocycles. The first-order valence-corrected chi connectivity index (χ1v) is 4.61. The number of aliphatic hydroxyl groups excluding tert-OH is 1. The van der Waals surface area contributed by atoms with Gasteiger partial charge in [0, 0.05) is 19.0 Å². The normalized spacial score (nSPS) is 30.1. The molecule has 1 rings (SSSR count). The third kappa shape index (κ3) is 2.97. The number of hydrogen-bond acceptors (Lipinski definition) is 4. The van der Waals surface area contributed by atoms with Crippen molar-refractivity contribution >= 4 is 5.97 Å². The third-order valence-corrected chi connectivity index (χ3v) is 2.54. The summed E-state index contributed by atoms with van der Waals surface area (Å²) in [6.45, 7) is 2.63. The number of carbonyl (C=O) groups is 1. The SMILES string of the molecule is COC(=O)CC(C)C1C[C@H](O)CN1. The van der Waals surface area contributed by atoms with Crippen molar-refractivity contribution in [3.05, 3.63) is 0 Å². The van der Waals surface area contributed by atoms with E-state index in [-0.39, 0.29) is 24.0 Å². The molecule has 0 aromatic heterocycles. The summed E-state index contributed by atoms with van der Waals surface area (Å²) in [5.74, 6) is 0.0419. The van der Waals surface area contributed by atoms with E-state index in [1.165, 1.54) is 7.11 Å². The van der Waals surface area contributed by atoms with Crippen molar-refractivity contribution in [3.63, 3.8) is 0 Å². The number of aliphatic hydroxyl groups is 1. The second-order valence-electron chi connectivity index (χ2n) is 3.66. The smallest absolute Gasteiger partial charge is 0.305 e. The number of hydrogen-bond donors (Lipinski definition) is 2. The molecule has 0 radical (unpaired) electrons. The van der Waals surface area contributed by atoms with E-state index in [4.69, 9.17) is 0 Å². The Balaban J connectivity index is 2.31. The van der Waals surface area contributed by atoms with Crippen LogP contribution in [0.25, 0.3) is 0 Å². The molecule has 76 valence electrons. The lowest BCUT2D eigenvalue weighted by Gasteiger charge is -2.17. The number of rotatable bonds is 3. The van der Waals surface area contributed by atoms with Gasteiger partial charge in [0.1, 0.15) is 0 Å². The minimum Gasteiger partial charge on any atom is -0.469 e. The Hall–Kier alpha value is -0.610. The molecule has 0 aromatic carbocycles. The van der Waals surface area contributed by atoms with Gasteiger partial charge in [0.05, 0.1) is 13.2 Å². The molecule has 4 nitrogen and oxygen atoms in total. The number of methoxy groups -OCH3 is 1. The first kappa shape index (κ1) is 10.5. The van der Waals surface area contributed by atoms with Crippen LogP contribution in [0.2, 0.25) is 0 Å². The van der Waals surface area contributed by atoms with Gasteiger partial charge in [-0.3, -0.25) is 4.79 Å². The molecule has 0 bridgehead atoms. The second kappa shape index (κ2) is 4.58. The van der Waals surface area contributed by atoms with E-state index in [0.29, 0.717) is 13.0 Å². The van der Waals surface area contributed by atoms with Gasteiger partial charge in [0.2, 0.25) is 0 Å². The van der Waals surface area contributed by atoms with E-state index in [1.54, 1.807) is 0 Å². The number of ether oxygens (including phenoxy) is 1. The molecule has 4 heteroatoms. The van der Waals surface area contributed by atoms with E-state index in [2.05, 4.69) is 10.1 Å². The van der Waals surface area contributed by atoms with Crippen LogP contribution in [0.15, 0.2) is 0 Å². The lowest BCUT2D eigenvalue weighted by atomic mass is 9.97. The average molecular weight is 187 g/mol. The summed E-state index contributed by atoms with van der Waals surface area (Å²) >= 11 is 0. The fourth-order valence-electron chi connectivity index (χ4n) is 1.67. The van der Waals surface area contributed by atoms with Crippen molar-refractivity contribution in [1.82, 2.24) is 5.32 Å². The highest BCUT2D eigenvalue weighted by atomic mass is 16.5. The summed E-state index contributed by atoms with van der Waals surface area (Å²) in [4.78, 5) is 10.9. The van der Waals surface area contributed by atoms with Crippen molar-refractivity contribution < 1.29 is 14.6 Å². The molecule has 0 aromatic rings. The van der Waals surface area contributed by atoms with Crippen LogP contribution in [0, 0.1) is 5.92 Å². The molecule has 0 saturated carbocycles. The van der Waals surface area contributed by atoms with Crippen LogP contribution in [0.4, 0.5) is 0 Å². The molecule has 0 spiro atoms. The molecule has 1 aliphatic rings. The van der Waals surface area contributed by atoms with E-state index >= 15 is 0 Å². The zero-order valence-electron chi connectivity index (χ0n) is 8.12. The molecular formula is C9H17NO3. The lowest BCUT2D eigenvalue weighted by molar-refractivity contribution is -0.141. The molecule has 0 aliphatic carbocycles. The van der Waals surface area contributed by atoms with Gasteiger partial charge >= 0.3 is 5.97 Å². The summed E-state index contributed by atoms with van der Waals surface area (Å²) in [5.41, 5.74) is 0. The third-order valence-electron chi connectivity index (χ3n) is 2.54. The van der Waals surface area contributed by atoms with Crippen molar-refractivity contribution in [2.45, 2.75) is 31.9 Å². The predicted octanol–water partition coefficient (Wildman–Crippen LogP) is -0.0916. The fraction of sp³-hybridized carbons (Fsp3) is 0.889. The van der Waals surface area contributed by atoms with Gasteiger partial charge in [-0.05, 0) is 12.3 Å². The number of carbonyl (C=O) groups excluding carboxylic acids is 1. The van der Waals surface area contributed by atoms with Crippen molar-refractivity contribution in [1.29, 1.82) is 0 Å². The van der Waals surface area contributed by atoms with Gasteiger partial charge in [-0.1, -0.05) is 6.92 Å². The lowest BCUT2D eigenvalue weighted by Crippen LogP contribution is -2.30. The first-order valence-electron chi connectivity index (χ1n) is 4.61. The largest absolute Gasteiger partial charge is 0.469 e. The average Bonchev–Trinajstić information content (AvgIpc) is 2.51. The summed E-state index contributed by atoms with van der Waals surface area (Å²) in [6, 6.07) is 0.245. The van der Waals surface area contributed by atoms with Crippen molar-refractivity contribution in [2.75, 3.05) is 13.7 Å². The Kier molecular flexibility index (Phi) is 3.69. The molecule has 1 fully saturated rings. The Morgan fingerprint density at radius 3 is 2.92 bits per heavy atom.